The molecule has 0 amide bonds. The monoisotopic (exact) mass is 512 g/mol. The number of benzene rings is 4. The summed E-state index contributed by atoms with van der Waals surface area (Å²) in [7, 11) is 0. The van der Waals surface area contributed by atoms with E-state index in [1.54, 1.807) is 11.3 Å². The summed E-state index contributed by atoms with van der Waals surface area (Å²) in [4.78, 5) is 17.0. The normalized spacial score (nSPS) is 12.4. The Morgan fingerprint density at radius 3 is 2.16 bits per heavy atom. The van der Waals surface area contributed by atoms with E-state index in [-0.39, 0.29) is 0 Å². The molecule has 6 nitrogen and oxygen atoms in total. The van der Waals surface area contributed by atoms with Crippen LogP contribution >= 0.6 is 11.3 Å². The van der Waals surface area contributed by atoms with Crippen molar-refractivity contribution >= 4 is 75.8 Å². The van der Waals surface area contributed by atoms with Crippen LogP contribution in [0.15, 0.2) is 60.2 Å². The lowest BCUT2D eigenvalue weighted by Gasteiger charge is -2.10. The van der Waals surface area contributed by atoms with Crippen LogP contribution in [0.2, 0.25) is 0 Å². The number of rotatable bonds is 3. The number of H-pyrrole nitrogens is 2. The highest BCUT2D eigenvalue weighted by Crippen LogP contribution is 2.40. The fourth-order valence-corrected chi connectivity index (χ4v) is 6.69. The summed E-state index contributed by atoms with van der Waals surface area (Å²) in [5, 5.41) is 18.7. The van der Waals surface area contributed by atoms with Crippen molar-refractivity contribution in [2.45, 2.75) is 33.1 Å². The fourth-order valence-electron chi connectivity index (χ4n) is 5.76. The van der Waals surface area contributed by atoms with Gasteiger partial charge in [-0.2, -0.15) is 10.2 Å². The second kappa shape index (κ2) is 7.82. The van der Waals surface area contributed by atoms with Crippen LogP contribution in [0.5, 0.6) is 0 Å². The number of nitrogens with zero attached hydrogens (tertiary/aromatic N) is 4. The molecule has 0 bridgehead atoms. The van der Waals surface area contributed by atoms with Crippen LogP contribution in [0.3, 0.4) is 0 Å². The first-order chi connectivity index (χ1) is 18.6. The molecule has 4 aromatic heterocycles. The van der Waals surface area contributed by atoms with Gasteiger partial charge in [-0.25, -0.2) is 9.97 Å². The van der Waals surface area contributed by atoms with Gasteiger partial charge in [0.15, 0.2) is 0 Å². The van der Waals surface area contributed by atoms with Gasteiger partial charge >= 0.3 is 0 Å². The van der Waals surface area contributed by atoms with Crippen molar-refractivity contribution in [3.8, 4) is 11.1 Å². The van der Waals surface area contributed by atoms with E-state index in [9.17, 15) is 0 Å². The summed E-state index contributed by atoms with van der Waals surface area (Å²) < 4.78 is 1.28. The first-order valence-electron chi connectivity index (χ1n) is 13.0. The van der Waals surface area contributed by atoms with Crippen molar-refractivity contribution in [3.63, 3.8) is 0 Å². The molecule has 7 heteroatoms. The first kappa shape index (κ1) is 21.7. The van der Waals surface area contributed by atoms with E-state index in [1.807, 2.05) is 12.4 Å². The lowest BCUT2D eigenvalue weighted by molar-refractivity contribution is 0.799. The fraction of sp³-hybridized carbons (Fsp3) is 0.161. The third kappa shape index (κ3) is 2.93. The highest BCUT2D eigenvalue weighted by molar-refractivity contribution is 7.18. The third-order valence-corrected chi connectivity index (χ3v) is 8.66. The number of fused-ring (bicyclic) bond motifs is 12. The molecule has 0 aliphatic rings. The Labute approximate surface area is 221 Å². The van der Waals surface area contributed by atoms with Crippen LogP contribution in [0.1, 0.15) is 38.3 Å². The number of thiophene rings is 1. The minimum absolute atomic E-state index is 0.308. The SMILES string of the molecule is CCc1nc2c3ccsc3c3cc(-c4ccc5c(c4)c4cnncc4c4nc(C(C)C)[nH]c54)ccc3c2[nH]1. The molecule has 0 saturated heterocycles. The largest absolute Gasteiger partial charge is 0.341 e. The highest BCUT2D eigenvalue weighted by atomic mass is 32.1. The molecule has 8 aromatic rings. The highest BCUT2D eigenvalue weighted by Gasteiger charge is 2.17. The second-order valence-corrected chi connectivity index (χ2v) is 11.2. The van der Waals surface area contributed by atoms with Gasteiger partial charge in [0.25, 0.3) is 0 Å². The molecule has 0 atom stereocenters. The van der Waals surface area contributed by atoms with Crippen LogP contribution in [0.4, 0.5) is 0 Å². The molecule has 0 aliphatic heterocycles. The maximum atomic E-state index is 4.93. The molecule has 0 aliphatic carbocycles. The number of nitrogens with one attached hydrogen (secondary N) is 2. The third-order valence-electron chi connectivity index (χ3n) is 7.71. The van der Waals surface area contributed by atoms with Gasteiger partial charge in [-0.15, -0.1) is 11.3 Å². The van der Waals surface area contributed by atoms with Crippen LogP contribution in [-0.4, -0.2) is 30.1 Å². The van der Waals surface area contributed by atoms with Crippen molar-refractivity contribution in [1.82, 2.24) is 30.1 Å². The zero-order chi connectivity index (χ0) is 25.5. The number of aryl methyl sites for hydroxylation is 1. The van der Waals surface area contributed by atoms with Crippen molar-refractivity contribution in [3.05, 3.63) is 71.9 Å². The first-order valence-corrected chi connectivity index (χ1v) is 13.9. The smallest absolute Gasteiger partial charge is 0.109 e. The molecule has 184 valence electrons. The number of imidazole rings is 2. The standard InChI is InChI=1S/C31H24N6S/c1-4-25-34-26-19-8-6-17(12-22(19)30-20(9-10-38-30)28(26)35-25)16-5-7-18-21(11-16)23-13-32-33-14-24(23)29-27(18)36-31(37-29)15(2)3/h5-15H,4H2,1-3H3,(H,34,35)(H,36,37). The average Bonchev–Trinajstić information content (AvgIpc) is 3.71. The van der Waals surface area contributed by atoms with E-state index in [0.717, 1.165) is 61.7 Å². The van der Waals surface area contributed by atoms with Gasteiger partial charge in [-0.05, 0) is 40.1 Å². The number of hydrogen-bond acceptors (Lipinski definition) is 5. The van der Waals surface area contributed by atoms with E-state index in [1.165, 1.54) is 32.0 Å². The van der Waals surface area contributed by atoms with Crippen LogP contribution in [-0.2, 0) is 6.42 Å². The van der Waals surface area contributed by atoms with Gasteiger partial charge in [-0.3, -0.25) is 0 Å². The van der Waals surface area contributed by atoms with E-state index in [0.29, 0.717) is 5.92 Å². The summed E-state index contributed by atoms with van der Waals surface area (Å²) in [6.07, 6.45) is 4.58. The summed E-state index contributed by atoms with van der Waals surface area (Å²) >= 11 is 1.78. The molecule has 4 aromatic carbocycles. The molecule has 0 fully saturated rings. The minimum atomic E-state index is 0.308. The number of hydrogen-bond donors (Lipinski definition) is 2. The summed E-state index contributed by atoms with van der Waals surface area (Å²) in [5.74, 6) is 2.32. The molecular formula is C31H24N6S. The van der Waals surface area contributed by atoms with Gasteiger partial charge < -0.3 is 9.97 Å². The summed E-state index contributed by atoms with van der Waals surface area (Å²) in [6, 6.07) is 15.7. The zero-order valence-electron chi connectivity index (χ0n) is 21.3. The predicted molar refractivity (Wildman–Crippen MR) is 158 cm³/mol. The van der Waals surface area contributed by atoms with Crippen LogP contribution in [0.25, 0.3) is 75.6 Å². The quantitative estimate of drug-likeness (QED) is 0.233. The minimum Gasteiger partial charge on any atom is -0.341 e. The Hall–Kier alpha value is -4.36. The Balaban J connectivity index is 1.41. The second-order valence-electron chi connectivity index (χ2n) is 10.3. The van der Waals surface area contributed by atoms with Gasteiger partial charge in [0, 0.05) is 49.4 Å². The van der Waals surface area contributed by atoms with Crippen molar-refractivity contribution in [2.24, 2.45) is 0 Å². The van der Waals surface area contributed by atoms with Gasteiger partial charge in [0.05, 0.1) is 34.5 Å². The Bertz CT molecular complexity index is 2220. The Morgan fingerprint density at radius 2 is 1.39 bits per heavy atom. The van der Waals surface area contributed by atoms with Gasteiger partial charge in [0.1, 0.15) is 11.6 Å². The number of aromatic nitrogens is 6. The average molecular weight is 513 g/mol. The molecule has 0 radical (unpaired) electrons. The van der Waals surface area contributed by atoms with Crippen molar-refractivity contribution in [1.29, 1.82) is 0 Å². The molecule has 0 saturated carbocycles. The number of aromatic amines is 2. The summed E-state index contributed by atoms with van der Waals surface area (Å²) in [5.41, 5.74) is 6.57. The molecule has 0 unspecified atom stereocenters. The molecule has 8 rings (SSSR count). The Kier molecular flexibility index (Phi) is 4.47. The van der Waals surface area contributed by atoms with Crippen LogP contribution < -0.4 is 0 Å². The van der Waals surface area contributed by atoms with Gasteiger partial charge in [-0.1, -0.05) is 45.0 Å². The van der Waals surface area contributed by atoms with Gasteiger partial charge in [0.2, 0.25) is 0 Å². The zero-order valence-corrected chi connectivity index (χ0v) is 22.1. The van der Waals surface area contributed by atoms with Crippen molar-refractivity contribution in [2.75, 3.05) is 0 Å². The van der Waals surface area contributed by atoms with E-state index >= 15 is 0 Å². The summed E-state index contributed by atoms with van der Waals surface area (Å²) in [6.45, 7) is 6.45. The van der Waals surface area contributed by atoms with Crippen molar-refractivity contribution < 1.29 is 0 Å². The molecule has 0 spiro atoms. The topological polar surface area (TPSA) is 83.1 Å². The lowest BCUT2D eigenvalue weighted by atomic mass is 9.95. The van der Waals surface area contributed by atoms with E-state index in [2.05, 4.69) is 88.8 Å². The molecule has 38 heavy (non-hydrogen) atoms. The molecule has 2 N–H and O–H groups in total. The van der Waals surface area contributed by atoms with Crippen LogP contribution in [0, 0.1) is 0 Å². The predicted octanol–water partition coefficient (Wildman–Crippen LogP) is 8.26. The van der Waals surface area contributed by atoms with E-state index < -0.39 is 0 Å². The maximum absolute atomic E-state index is 4.93. The lowest BCUT2D eigenvalue weighted by Crippen LogP contribution is -1.88. The maximum Gasteiger partial charge on any atom is 0.109 e. The molecule has 4 heterocycles. The molecular weight excluding hydrogens is 488 g/mol. The Morgan fingerprint density at radius 1 is 0.711 bits per heavy atom. The van der Waals surface area contributed by atoms with E-state index in [4.69, 9.17) is 9.97 Å².